The summed E-state index contributed by atoms with van der Waals surface area (Å²) in [5.41, 5.74) is 4.09. The van der Waals surface area contributed by atoms with Gasteiger partial charge in [0.15, 0.2) is 5.58 Å². The van der Waals surface area contributed by atoms with E-state index in [1.807, 2.05) is 55.5 Å². The molecule has 0 amide bonds. The highest BCUT2D eigenvalue weighted by Crippen LogP contribution is 2.24. The fraction of sp³-hybridized carbons (Fsp3) is 0.0870. The fourth-order valence-corrected chi connectivity index (χ4v) is 3.53. The van der Waals surface area contributed by atoms with Crippen LogP contribution in [0, 0.1) is 18.8 Å². The molecular weight excluding hydrogens is 386 g/mol. The first kappa shape index (κ1) is 18.9. The summed E-state index contributed by atoms with van der Waals surface area (Å²) in [6, 6.07) is 21.4. The Kier molecular flexibility index (Phi) is 5.17. The second-order valence-corrected chi connectivity index (χ2v) is 8.01. The van der Waals surface area contributed by atoms with Gasteiger partial charge in [-0.1, -0.05) is 41.7 Å². The molecule has 144 valence electrons. The van der Waals surface area contributed by atoms with E-state index in [4.69, 9.17) is 8.60 Å². The summed E-state index contributed by atoms with van der Waals surface area (Å²) in [7, 11) is -3.81. The minimum Gasteiger partial charge on any atom is -0.436 e. The smallest absolute Gasteiger partial charge is 0.297 e. The Balaban J connectivity index is 1.42. The van der Waals surface area contributed by atoms with Crippen molar-refractivity contribution in [2.24, 2.45) is 0 Å². The molecule has 5 nitrogen and oxygen atoms in total. The number of para-hydroxylation sites is 2. The molecule has 29 heavy (non-hydrogen) atoms. The van der Waals surface area contributed by atoms with E-state index in [0.717, 1.165) is 27.8 Å². The van der Waals surface area contributed by atoms with Crippen molar-refractivity contribution < 1.29 is 17.0 Å². The maximum Gasteiger partial charge on any atom is 0.297 e. The SMILES string of the molecule is Cc1ccc(S(=O)(=O)OCC#Cc2ccc(-c3nc4ccccc4o3)cc2)cc1. The summed E-state index contributed by atoms with van der Waals surface area (Å²) in [6.07, 6.45) is 0. The van der Waals surface area contributed by atoms with Crippen LogP contribution < -0.4 is 0 Å². The van der Waals surface area contributed by atoms with Gasteiger partial charge in [0, 0.05) is 11.1 Å². The number of aromatic nitrogens is 1. The monoisotopic (exact) mass is 403 g/mol. The highest BCUT2D eigenvalue weighted by Gasteiger charge is 2.13. The summed E-state index contributed by atoms with van der Waals surface area (Å²) >= 11 is 0. The minimum absolute atomic E-state index is 0.118. The molecule has 6 heteroatoms. The van der Waals surface area contributed by atoms with Gasteiger partial charge in [-0.05, 0) is 55.5 Å². The molecule has 0 saturated heterocycles. The summed E-state index contributed by atoms with van der Waals surface area (Å²) < 4.78 is 35.0. The minimum atomic E-state index is -3.81. The predicted octanol–water partition coefficient (Wildman–Crippen LogP) is 4.56. The Morgan fingerprint density at radius 2 is 1.69 bits per heavy atom. The average Bonchev–Trinajstić information content (AvgIpc) is 3.16. The molecule has 3 aromatic carbocycles. The van der Waals surface area contributed by atoms with Crippen molar-refractivity contribution in [2.45, 2.75) is 11.8 Å². The quantitative estimate of drug-likeness (QED) is 0.369. The van der Waals surface area contributed by atoms with Crippen LogP contribution in [-0.2, 0) is 14.3 Å². The third kappa shape index (κ3) is 4.37. The average molecular weight is 403 g/mol. The van der Waals surface area contributed by atoms with Crippen LogP contribution in [0.15, 0.2) is 82.1 Å². The van der Waals surface area contributed by atoms with Crippen LogP contribution in [0.5, 0.6) is 0 Å². The molecule has 0 fully saturated rings. The van der Waals surface area contributed by atoms with Crippen molar-refractivity contribution >= 4 is 21.2 Å². The second-order valence-electron chi connectivity index (χ2n) is 6.40. The van der Waals surface area contributed by atoms with Gasteiger partial charge in [0.25, 0.3) is 10.1 Å². The highest BCUT2D eigenvalue weighted by molar-refractivity contribution is 7.86. The van der Waals surface area contributed by atoms with Crippen molar-refractivity contribution in [3.63, 3.8) is 0 Å². The lowest BCUT2D eigenvalue weighted by Crippen LogP contribution is -2.06. The molecule has 0 bridgehead atoms. The lowest BCUT2D eigenvalue weighted by molar-refractivity contribution is 0.363. The van der Waals surface area contributed by atoms with Gasteiger partial charge < -0.3 is 4.42 Å². The van der Waals surface area contributed by atoms with Crippen LogP contribution in [0.25, 0.3) is 22.6 Å². The van der Waals surface area contributed by atoms with Crippen LogP contribution in [0.1, 0.15) is 11.1 Å². The molecule has 1 aromatic heterocycles. The summed E-state index contributed by atoms with van der Waals surface area (Å²) in [4.78, 5) is 4.58. The van der Waals surface area contributed by atoms with Gasteiger partial charge in [-0.3, -0.25) is 4.18 Å². The van der Waals surface area contributed by atoms with E-state index < -0.39 is 10.1 Å². The molecule has 0 saturated carbocycles. The molecule has 0 radical (unpaired) electrons. The van der Waals surface area contributed by atoms with Crippen molar-refractivity contribution in [1.82, 2.24) is 4.98 Å². The molecule has 0 N–H and O–H groups in total. The van der Waals surface area contributed by atoms with Gasteiger partial charge in [0.2, 0.25) is 5.89 Å². The molecule has 1 heterocycles. The lowest BCUT2D eigenvalue weighted by atomic mass is 10.1. The third-order valence-electron chi connectivity index (χ3n) is 4.25. The number of benzene rings is 3. The first-order chi connectivity index (χ1) is 14.0. The number of aryl methyl sites for hydroxylation is 1. The molecule has 4 rings (SSSR count). The summed E-state index contributed by atoms with van der Waals surface area (Å²) in [5, 5.41) is 0. The Morgan fingerprint density at radius 1 is 0.966 bits per heavy atom. The van der Waals surface area contributed by atoms with Crippen LogP contribution in [0.3, 0.4) is 0 Å². The summed E-state index contributed by atoms with van der Waals surface area (Å²) in [6.45, 7) is 1.67. The molecule has 0 aliphatic heterocycles. The number of hydrogen-bond donors (Lipinski definition) is 0. The van der Waals surface area contributed by atoms with E-state index in [2.05, 4.69) is 16.8 Å². The first-order valence-corrected chi connectivity index (χ1v) is 10.3. The largest absolute Gasteiger partial charge is 0.436 e. The lowest BCUT2D eigenvalue weighted by Gasteiger charge is -2.02. The fourth-order valence-electron chi connectivity index (χ4n) is 2.71. The maximum absolute atomic E-state index is 12.1. The van der Waals surface area contributed by atoms with E-state index in [1.165, 1.54) is 12.1 Å². The molecule has 0 aliphatic carbocycles. The molecule has 0 aliphatic rings. The molecule has 0 unspecified atom stereocenters. The Labute approximate surface area is 169 Å². The number of oxazole rings is 1. The van der Waals surface area contributed by atoms with E-state index >= 15 is 0 Å². The molecule has 0 spiro atoms. The zero-order valence-electron chi connectivity index (χ0n) is 15.6. The maximum atomic E-state index is 12.1. The highest BCUT2D eigenvalue weighted by atomic mass is 32.2. The standard InChI is InChI=1S/C23H17NO4S/c1-17-8-14-20(15-9-17)29(25,26)27-16-4-5-18-10-12-19(13-11-18)23-24-21-6-2-3-7-22(21)28-23/h2-3,6-15H,16H2,1H3. The van der Waals surface area contributed by atoms with Crippen molar-refractivity contribution in [1.29, 1.82) is 0 Å². The Hall–Kier alpha value is -3.40. The zero-order valence-corrected chi connectivity index (χ0v) is 16.4. The van der Waals surface area contributed by atoms with Crippen LogP contribution in [0.4, 0.5) is 0 Å². The van der Waals surface area contributed by atoms with Gasteiger partial charge in [0.1, 0.15) is 12.1 Å². The zero-order chi connectivity index (χ0) is 20.3. The van der Waals surface area contributed by atoms with E-state index in [-0.39, 0.29) is 11.5 Å². The third-order valence-corrected chi connectivity index (χ3v) is 5.53. The summed E-state index contributed by atoms with van der Waals surface area (Å²) in [5.74, 6) is 6.16. The second kappa shape index (κ2) is 7.92. The first-order valence-electron chi connectivity index (χ1n) is 8.92. The number of nitrogens with zero attached hydrogens (tertiary/aromatic N) is 1. The van der Waals surface area contributed by atoms with Crippen molar-refractivity contribution in [2.75, 3.05) is 6.61 Å². The van der Waals surface area contributed by atoms with Crippen molar-refractivity contribution in [3.05, 3.63) is 83.9 Å². The molecule has 4 aromatic rings. The van der Waals surface area contributed by atoms with Gasteiger partial charge in [-0.25, -0.2) is 4.98 Å². The molecule has 0 atom stereocenters. The number of rotatable bonds is 4. The molecular formula is C23H17NO4S. The van der Waals surface area contributed by atoms with Crippen LogP contribution in [0.2, 0.25) is 0 Å². The van der Waals surface area contributed by atoms with Crippen LogP contribution in [-0.4, -0.2) is 20.0 Å². The number of fused-ring (bicyclic) bond motifs is 1. The van der Waals surface area contributed by atoms with E-state index in [1.54, 1.807) is 12.1 Å². The topological polar surface area (TPSA) is 69.4 Å². The van der Waals surface area contributed by atoms with Gasteiger partial charge in [0.05, 0.1) is 4.90 Å². The van der Waals surface area contributed by atoms with Gasteiger partial charge in [-0.15, -0.1) is 0 Å². The predicted molar refractivity (Wildman–Crippen MR) is 111 cm³/mol. The number of hydrogen-bond acceptors (Lipinski definition) is 5. The Morgan fingerprint density at radius 3 is 2.41 bits per heavy atom. The van der Waals surface area contributed by atoms with E-state index in [0.29, 0.717) is 5.89 Å². The van der Waals surface area contributed by atoms with Crippen LogP contribution >= 0.6 is 0 Å². The van der Waals surface area contributed by atoms with Gasteiger partial charge >= 0.3 is 0 Å². The Bertz CT molecular complexity index is 1280. The van der Waals surface area contributed by atoms with Crippen molar-refractivity contribution in [3.8, 4) is 23.3 Å². The van der Waals surface area contributed by atoms with E-state index in [9.17, 15) is 8.42 Å². The van der Waals surface area contributed by atoms with Gasteiger partial charge in [-0.2, -0.15) is 8.42 Å². The normalized spacial score (nSPS) is 11.2.